The maximum atomic E-state index is 9.56. The largest absolute Gasteiger partial charge is 0.394 e. The minimum absolute atomic E-state index is 0.252. The summed E-state index contributed by atoms with van der Waals surface area (Å²) in [6.07, 6.45) is 7.80. The van der Waals surface area contributed by atoms with Crippen LogP contribution in [0, 0.1) is 5.92 Å². The SMILES string of the molecule is CCN1CCC(Cc2ncc3n2C(CO)CCC3)C1. The third-order valence-electron chi connectivity index (χ3n) is 4.78. The molecule has 2 atom stereocenters. The lowest BCUT2D eigenvalue weighted by molar-refractivity contribution is 0.203. The Morgan fingerprint density at radius 1 is 1.42 bits per heavy atom. The van der Waals surface area contributed by atoms with E-state index in [0.29, 0.717) is 0 Å². The van der Waals surface area contributed by atoms with Crippen LogP contribution in [0.4, 0.5) is 0 Å². The van der Waals surface area contributed by atoms with Crippen molar-refractivity contribution in [2.45, 2.75) is 45.1 Å². The number of aliphatic hydroxyl groups is 1. The minimum Gasteiger partial charge on any atom is -0.394 e. The van der Waals surface area contributed by atoms with Crippen LogP contribution in [0.15, 0.2) is 6.20 Å². The number of likely N-dealkylation sites (tertiary alicyclic amines) is 1. The Hall–Kier alpha value is -0.870. The van der Waals surface area contributed by atoms with E-state index in [1.807, 2.05) is 6.20 Å². The van der Waals surface area contributed by atoms with Crippen molar-refractivity contribution in [3.05, 3.63) is 17.7 Å². The molecule has 4 nitrogen and oxygen atoms in total. The molecule has 1 aromatic rings. The summed E-state index contributed by atoms with van der Waals surface area (Å²) in [5, 5.41) is 9.56. The van der Waals surface area contributed by atoms with Gasteiger partial charge in [-0.2, -0.15) is 0 Å². The third-order valence-corrected chi connectivity index (χ3v) is 4.78. The fourth-order valence-corrected chi connectivity index (χ4v) is 3.67. The van der Waals surface area contributed by atoms with Crippen molar-refractivity contribution < 1.29 is 5.11 Å². The summed E-state index contributed by atoms with van der Waals surface area (Å²) in [6, 6.07) is 0.268. The zero-order valence-corrected chi connectivity index (χ0v) is 11.9. The number of hydrogen-bond donors (Lipinski definition) is 1. The van der Waals surface area contributed by atoms with E-state index in [1.54, 1.807) is 0 Å². The molecule has 0 bridgehead atoms. The highest BCUT2D eigenvalue weighted by molar-refractivity contribution is 5.11. The monoisotopic (exact) mass is 263 g/mol. The van der Waals surface area contributed by atoms with Crippen LogP contribution in [-0.2, 0) is 12.8 Å². The Kier molecular flexibility index (Phi) is 3.89. The van der Waals surface area contributed by atoms with Crippen molar-refractivity contribution in [1.29, 1.82) is 0 Å². The lowest BCUT2D eigenvalue weighted by atomic mass is 10.0. The maximum Gasteiger partial charge on any atom is 0.109 e. The van der Waals surface area contributed by atoms with Gasteiger partial charge >= 0.3 is 0 Å². The molecule has 19 heavy (non-hydrogen) atoms. The minimum atomic E-state index is 0.252. The van der Waals surface area contributed by atoms with Crippen LogP contribution in [0.1, 0.15) is 43.7 Å². The summed E-state index contributed by atoms with van der Waals surface area (Å²) in [5.41, 5.74) is 1.32. The third kappa shape index (κ3) is 2.56. The van der Waals surface area contributed by atoms with E-state index in [2.05, 4.69) is 21.4 Å². The summed E-state index contributed by atoms with van der Waals surface area (Å²) in [5.74, 6) is 1.95. The van der Waals surface area contributed by atoms with Crippen molar-refractivity contribution in [2.24, 2.45) is 5.92 Å². The standard InChI is InChI=1S/C15H25N3O/c1-2-17-7-6-12(10-17)8-15-16-9-13-4-3-5-14(11-19)18(13)15/h9,12,14,19H,2-8,10-11H2,1H3. The highest BCUT2D eigenvalue weighted by Crippen LogP contribution is 2.28. The number of aliphatic hydroxyl groups excluding tert-OH is 1. The normalized spacial score (nSPS) is 27.7. The topological polar surface area (TPSA) is 41.3 Å². The summed E-state index contributed by atoms with van der Waals surface area (Å²) in [7, 11) is 0. The van der Waals surface area contributed by atoms with Gasteiger partial charge < -0.3 is 14.6 Å². The summed E-state index contributed by atoms with van der Waals surface area (Å²) in [4.78, 5) is 7.17. The molecule has 1 saturated heterocycles. The molecule has 1 N–H and O–H groups in total. The number of rotatable bonds is 4. The van der Waals surface area contributed by atoms with E-state index in [-0.39, 0.29) is 12.6 Å². The zero-order chi connectivity index (χ0) is 13.2. The Morgan fingerprint density at radius 3 is 3.05 bits per heavy atom. The van der Waals surface area contributed by atoms with Crippen LogP contribution in [0.5, 0.6) is 0 Å². The van der Waals surface area contributed by atoms with Gasteiger partial charge in [0.1, 0.15) is 5.82 Å². The van der Waals surface area contributed by atoms with Crippen LogP contribution in [-0.4, -0.2) is 45.8 Å². The van der Waals surface area contributed by atoms with E-state index < -0.39 is 0 Å². The van der Waals surface area contributed by atoms with Gasteiger partial charge in [-0.1, -0.05) is 6.92 Å². The molecule has 0 aromatic carbocycles. The molecule has 3 heterocycles. The second-order valence-corrected chi connectivity index (χ2v) is 6.02. The highest BCUT2D eigenvalue weighted by atomic mass is 16.3. The van der Waals surface area contributed by atoms with Gasteiger partial charge in [0.15, 0.2) is 0 Å². The lowest BCUT2D eigenvalue weighted by Gasteiger charge is -2.26. The number of nitrogens with zero attached hydrogens (tertiary/aromatic N) is 3. The zero-order valence-electron chi connectivity index (χ0n) is 11.9. The average molecular weight is 263 g/mol. The molecule has 0 spiro atoms. The first-order chi connectivity index (χ1) is 9.31. The fraction of sp³-hybridized carbons (Fsp3) is 0.800. The predicted molar refractivity (Wildman–Crippen MR) is 75.2 cm³/mol. The van der Waals surface area contributed by atoms with Gasteiger partial charge in [0.05, 0.1) is 12.6 Å². The van der Waals surface area contributed by atoms with Gasteiger partial charge in [-0.15, -0.1) is 0 Å². The average Bonchev–Trinajstić information content (AvgIpc) is 3.06. The Bertz CT molecular complexity index is 429. The van der Waals surface area contributed by atoms with Crippen molar-refractivity contribution in [1.82, 2.24) is 14.5 Å². The Morgan fingerprint density at radius 2 is 2.32 bits per heavy atom. The molecule has 106 valence electrons. The van der Waals surface area contributed by atoms with Gasteiger partial charge in [0.25, 0.3) is 0 Å². The first kappa shape index (κ1) is 13.1. The van der Waals surface area contributed by atoms with Crippen LogP contribution in [0.3, 0.4) is 0 Å². The fourth-order valence-electron chi connectivity index (χ4n) is 3.67. The number of aryl methyl sites for hydroxylation is 1. The molecular weight excluding hydrogens is 238 g/mol. The lowest BCUT2D eigenvalue weighted by Crippen LogP contribution is -2.24. The molecule has 0 amide bonds. The summed E-state index contributed by atoms with van der Waals surface area (Å²) >= 11 is 0. The molecule has 2 aliphatic rings. The van der Waals surface area contributed by atoms with Gasteiger partial charge in [-0.3, -0.25) is 0 Å². The molecular formula is C15H25N3O. The van der Waals surface area contributed by atoms with Crippen LogP contribution in [0.2, 0.25) is 0 Å². The van der Waals surface area contributed by atoms with Crippen molar-refractivity contribution in [3.63, 3.8) is 0 Å². The first-order valence-electron chi connectivity index (χ1n) is 7.70. The van der Waals surface area contributed by atoms with Gasteiger partial charge in [-0.05, 0) is 44.7 Å². The highest BCUT2D eigenvalue weighted by Gasteiger charge is 2.27. The molecule has 0 saturated carbocycles. The molecule has 2 unspecified atom stereocenters. The quantitative estimate of drug-likeness (QED) is 0.898. The molecule has 0 radical (unpaired) electrons. The molecule has 3 rings (SSSR count). The van der Waals surface area contributed by atoms with Crippen molar-refractivity contribution in [2.75, 3.05) is 26.2 Å². The number of hydrogen-bond acceptors (Lipinski definition) is 3. The van der Waals surface area contributed by atoms with E-state index in [9.17, 15) is 5.11 Å². The van der Waals surface area contributed by atoms with Gasteiger partial charge in [0, 0.05) is 24.9 Å². The van der Waals surface area contributed by atoms with E-state index in [4.69, 9.17) is 0 Å². The van der Waals surface area contributed by atoms with E-state index in [0.717, 1.165) is 31.7 Å². The first-order valence-corrected chi connectivity index (χ1v) is 7.70. The Labute approximate surface area is 115 Å². The smallest absolute Gasteiger partial charge is 0.109 e. The summed E-state index contributed by atoms with van der Waals surface area (Å²) in [6.45, 7) is 6.10. The van der Waals surface area contributed by atoms with E-state index in [1.165, 1.54) is 37.4 Å². The van der Waals surface area contributed by atoms with Crippen molar-refractivity contribution in [3.8, 4) is 0 Å². The number of fused-ring (bicyclic) bond motifs is 1. The van der Waals surface area contributed by atoms with Crippen LogP contribution < -0.4 is 0 Å². The molecule has 4 heteroatoms. The maximum absolute atomic E-state index is 9.56. The molecule has 1 fully saturated rings. The second kappa shape index (κ2) is 5.63. The van der Waals surface area contributed by atoms with Crippen LogP contribution >= 0.6 is 0 Å². The van der Waals surface area contributed by atoms with Gasteiger partial charge in [-0.25, -0.2) is 4.98 Å². The molecule has 0 aliphatic carbocycles. The number of aromatic nitrogens is 2. The second-order valence-electron chi connectivity index (χ2n) is 6.02. The predicted octanol–water partition coefficient (Wildman–Crippen LogP) is 1.64. The Balaban J connectivity index is 1.73. The van der Waals surface area contributed by atoms with Crippen molar-refractivity contribution >= 4 is 0 Å². The molecule has 2 aliphatic heterocycles. The summed E-state index contributed by atoms with van der Waals surface area (Å²) < 4.78 is 2.33. The number of imidazole rings is 1. The van der Waals surface area contributed by atoms with Gasteiger partial charge in [0.2, 0.25) is 0 Å². The van der Waals surface area contributed by atoms with Crippen LogP contribution in [0.25, 0.3) is 0 Å². The molecule has 1 aromatic heterocycles. The van der Waals surface area contributed by atoms with E-state index >= 15 is 0 Å².